The van der Waals surface area contributed by atoms with Gasteiger partial charge in [0.15, 0.2) is 5.58 Å². The van der Waals surface area contributed by atoms with Gasteiger partial charge in [0.1, 0.15) is 0 Å². The predicted octanol–water partition coefficient (Wildman–Crippen LogP) is 3.44. The van der Waals surface area contributed by atoms with Gasteiger partial charge in [-0.25, -0.2) is 4.79 Å². The molecule has 0 fully saturated rings. The zero-order valence-electron chi connectivity index (χ0n) is 10.4. The van der Waals surface area contributed by atoms with Crippen molar-refractivity contribution >= 4 is 32.6 Å². The minimum atomic E-state index is -0.323. The molecule has 1 heterocycles. The Morgan fingerprint density at radius 2 is 1.37 bits per heavy atom. The molecule has 4 aromatic rings. The van der Waals surface area contributed by atoms with Crippen LogP contribution in [0.2, 0.25) is 0 Å². The Bertz CT molecular complexity index is 992. The molecule has 0 N–H and O–H groups in total. The highest BCUT2D eigenvalue weighted by molar-refractivity contribution is 6.22. The lowest BCUT2D eigenvalue weighted by atomic mass is 10.0. The minimum absolute atomic E-state index is 0.323. The van der Waals surface area contributed by atoms with Gasteiger partial charge in [-0.3, -0.25) is 4.57 Å². The van der Waals surface area contributed by atoms with Gasteiger partial charge in [-0.05, 0) is 10.8 Å². The van der Waals surface area contributed by atoms with Crippen molar-refractivity contribution in [2.45, 2.75) is 0 Å². The molecule has 0 spiro atoms. The zero-order valence-corrected chi connectivity index (χ0v) is 10.4. The maximum Gasteiger partial charge on any atom is 0.419 e. The van der Waals surface area contributed by atoms with Crippen molar-refractivity contribution in [1.29, 1.82) is 0 Å². The summed E-state index contributed by atoms with van der Waals surface area (Å²) in [5.41, 5.74) is 1.53. The van der Waals surface area contributed by atoms with Crippen LogP contribution in [0.15, 0.2) is 57.7 Å². The van der Waals surface area contributed by atoms with Gasteiger partial charge in [0.25, 0.3) is 0 Å². The molecule has 0 unspecified atom stereocenters. The van der Waals surface area contributed by atoms with Crippen LogP contribution in [0.25, 0.3) is 32.6 Å². The number of aromatic nitrogens is 1. The number of oxazole rings is 1. The van der Waals surface area contributed by atoms with E-state index in [0.29, 0.717) is 5.58 Å². The van der Waals surface area contributed by atoms with Gasteiger partial charge in [-0.15, -0.1) is 0 Å². The third-order valence-electron chi connectivity index (χ3n) is 3.66. The first kappa shape index (κ1) is 10.4. The van der Waals surface area contributed by atoms with Crippen LogP contribution in [-0.4, -0.2) is 4.57 Å². The summed E-state index contributed by atoms with van der Waals surface area (Å²) in [6, 6.07) is 16.1. The van der Waals surface area contributed by atoms with E-state index in [1.165, 1.54) is 0 Å². The summed E-state index contributed by atoms with van der Waals surface area (Å²) >= 11 is 0. The molecule has 0 aliphatic carbocycles. The molecule has 0 atom stereocenters. The summed E-state index contributed by atoms with van der Waals surface area (Å²) in [5.74, 6) is -0.323. The van der Waals surface area contributed by atoms with Crippen LogP contribution >= 0.6 is 0 Å². The number of rotatable bonds is 0. The summed E-state index contributed by atoms with van der Waals surface area (Å²) < 4.78 is 7.00. The lowest BCUT2D eigenvalue weighted by molar-refractivity contribution is 0.530. The van der Waals surface area contributed by atoms with Crippen molar-refractivity contribution in [2.24, 2.45) is 7.05 Å². The molecule has 0 aliphatic rings. The minimum Gasteiger partial charge on any atom is -0.407 e. The first-order chi connectivity index (χ1) is 9.27. The lowest BCUT2D eigenvalue weighted by Gasteiger charge is -2.05. The van der Waals surface area contributed by atoms with Crippen LogP contribution in [0, 0.1) is 0 Å². The fraction of sp³-hybridized carbons (Fsp3) is 0.0625. The smallest absolute Gasteiger partial charge is 0.407 e. The number of hydrogen-bond donors (Lipinski definition) is 0. The molecular weight excluding hydrogens is 238 g/mol. The molecule has 3 heteroatoms. The Hall–Kier alpha value is -2.55. The molecule has 4 rings (SSSR count). The van der Waals surface area contributed by atoms with Gasteiger partial charge < -0.3 is 4.42 Å². The Morgan fingerprint density at radius 1 is 0.842 bits per heavy atom. The highest BCUT2D eigenvalue weighted by Crippen LogP contribution is 2.33. The summed E-state index contributed by atoms with van der Waals surface area (Å²) in [4.78, 5) is 11.8. The van der Waals surface area contributed by atoms with Crippen LogP contribution in [0.3, 0.4) is 0 Å². The van der Waals surface area contributed by atoms with E-state index in [1.54, 1.807) is 11.6 Å². The third kappa shape index (κ3) is 1.24. The van der Waals surface area contributed by atoms with Crippen LogP contribution in [0.4, 0.5) is 0 Å². The van der Waals surface area contributed by atoms with Crippen molar-refractivity contribution in [2.75, 3.05) is 0 Å². The molecule has 92 valence electrons. The highest BCUT2D eigenvalue weighted by atomic mass is 16.4. The molecule has 3 aromatic carbocycles. The Labute approximate surface area is 108 Å². The van der Waals surface area contributed by atoms with Gasteiger partial charge >= 0.3 is 5.76 Å². The molecule has 3 nitrogen and oxygen atoms in total. The zero-order chi connectivity index (χ0) is 13.0. The Balaban J connectivity index is 2.51. The van der Waals surface area contributed by atoms with Gasteiger partial charge in [-0.2, -0.15) is 0 Å². The number of hydrogen-bond acceptors (Lipinski definition) is 2. The van der Waals surface area contributed by atoms with Crippen LogP contribution < -0.4 is 5.76 Å². The lowest BCUT2D eigenvalue weighted by Crippen LogP contribution is -2.08. The van der Waals surface area contributed by atoms with Crippen LogP contribution in [0.5, 0.6) is 0 Å². The van der Waals surface area contributed by atoms with Crippen molar-refractivity contribution in [3.63, 3.8) is 0 Å². The van der Waals surface area contributed by atoms with Crippen LogP contribution in [0.1, 0.15) is 0 Å². The first-order valence-corrected chi connectivity index (χ1v) is 6.16. The molecule has 0 radical (unpaired) electrons. The largest absolute Gasteiger partial charge is 0.419 e. The maximum atomic E-state index is 11.8. The van der Waals surface area contributed by atoms with Crippen molar-refractivity contribution in [3.8, 4) is 0 Å². The fourth-order valence-corrected chi connectivity index (χ4v) is 2.77. The highest BCUT2D eigenvalue weighted by Gasteiger charge is 2.14. The molecule has 1 aromatic heterocycles. The van der Waals surface area contributed by atoms with E-state index < -0.39 is 0 Å². The topological polar surface area (TPSA) is 35.1 Å². The van der Waals surface area contributed by atoms with E-state index in [-0.39, 0.29) is 5.76 Å². The summed E-state index contributed by atoms with van der Waals surface area (Å²) in [6.45, 7) is 0. The van der Waals surface area contributed by atoms with Crippen LogP contribution in [-0.2, 0) is 7.05 Å². The second kappa shape index (κ2) is 3.48. The van der Waals surface area contributed by atoms with E-state index in [0.717, 1.165) is 27.1 Å². The molecule has 0 amide bonds. The van der Waals surface area contributed by atoms with E-state index in [9.17, 15) is 4.79 Å². The normalized spacial score (nSPS) is 11.6. The van der Waals surface area contributed by atoms with Crippen molar-refractivity contribution in [3.05, 3.63) is 59.1 Å². The van der Waals surface area contributed by atoms with E-state index in [1.807, 2.05) is 36.4 Å². The van der Waals surface area contributed by atoms with E-state index in [2.05, 4.69) is 12.1 Å². The second-order valence-electron chi connectivity index (χ2n) is 4.70. The number of nitrogens with zero attached hydrogens (tertiary/aromatic N) is 1. The van der Waals surface area contributed by atoms with E-state index >= 15 is 0 Å². The molecular formula is C16H11NO2. The molecule has 19 heavy (non-hydrogen) atoms. The molecule has 0 bridgehead atoms. The fourth-order valence-electron chi connectivity index (χ4n) is 2.77. The SMILES string of the molecule is Cn1c(=O)oc2c3ccccc3c3ccccc3c21. The summed E-state index contributed by atoms with van der Waals surface area (Å²) in [5, 5.41) is 4.28. The summed E-state index contributed by atoms with van der Waals surface area (Å²) in [6.07, 6.45) is 0. The first-order valence-electron chi connectivity index (χ1n) is 6.16. The maximum absolute atomic E-state index is 11.8. The number of fused-ring (bicyclic) bond motifs is 6. The average Bonchev–Trinajstić information content (AvgIpc) is 2.76. The van der Waals surface area contributed by atoms with E-state index in [4.69, 9.17) is 4.42 Å². The van der Waals surface area contributed by atoms with Gasteiger partial charge in [0.2, 0.25) is 0 Å². The quantitative estimate of drug-likeness (QED) is 0.447. The Kier molecular flexibility index (Phi) is 1.90. The average molecular weight is 249 g/mol. The van der Waals surface area contributed by atoms with Crippen molar-refractivity contribution in [1.82, 2.24) is 4.57 Å². The summed E-state index contributed by atoms with van der Waals surface area (Å²) in [7, 11) is 1.75. The number of benzene rings is 3. The monoisotopic (exact) mass is 249 g/mol. The van der Waals surface area contributed by atoms with Crippen molar-refractivity contribution < 1.29 is 4.42 Å². The molecule has 0 aliphatic heterocycles. The standard InChI is InChI=1S/C16H11NO2/c1-17-14-12-8-4-2-6-10(12)11-7-3-5-9-13(11)15(14)19-16(17)18/h2-9H,1H3. The number of aryl methyl sites for hydroxylation is 1. The van der Waals surface area contributed by atoms with Gasteiger partial charge in [-0.1, -0.05) is 48.5 Å². The second-order valence-corrected chi connectivity index (χ2v) is 4.70. The van der Waals surface area contributed by atoms with Gasteiger partial charge in [0, 0.05) is 17.8 Å². The predicted molar refractivity (Wildman–Crippen MR) is 76.5 cm³/mol. The Morgan fingerprint density at radius 3 is 2.05 bits per heavy atom. The van der Waals surface area contributed by atoms with Gasteiger partial charge in [0.05, 0.1) is 5.52 Å². The third-order valence-corrected chi connectivity index (χ3v) is 3.66. The molecule has 0 saturated carbocycles. The molecule has 0 saturated heterocycles.